The molecule has 2 rings (SSSR count). The minimum Gasteiger partial charge on any atom is -0.320 e. The summed E-state index contributed by atoms with van der Waals surface area (Å²) < 4.78 is 0. The summed E-state index contributed by atoms with van der Waals surface area (Å²) in [5, 5.41) is 5.36. The van der Waals surface area contributed by atoms with Gasteiger partial charge < -0.3 is 10.2 Å². The number of rotatable bonds is 2. The molecule has 0 aromatic heterocycles. The predicted octanol–water partition coefficient (Wildman–Crippen LogP) is -0.998. The van der Waals surface area contributed by atoms with Gasteiger partial charge in [0, 0.05) is 0 Å². The number of nitrogens with one attached hydrogen (secondary N) is 2. The number of amides is 3. The molecule has 2 atom stereocenters. The molecule has 1 unspecified atom stereocenters. The van der Waals surface area contributed by atoms with Crippen LogP contribution < -0.4 is 10.6 Å². The quantitative estimate of drug-likeness (QED) is 0.606. The van der Waals surface area contributed by atoms with E-state index in [1.165, 1.54) is 4.90 Å². The standard InChI is InChI=1S/C11H17N3O3/c1-2-8-10(16)13-9(15)6-14(8)11(17)7-4-3-5-12-7/h7-8,12H,2-6H2,1H3,(H,13,15,16)/t7-,8?/m1/s1. The van der Waals surface area contributed by atoms with Gasteiger partial charge in [-0.1, -0.05) is 6.92 Å². The summed E-state index contributed by atoms with van der Waals surface area (Å²) in [6.07, 6.45) is 2.26. The molecule has 0 saturated carbocycles. The molecule has 0 radical (unpaired) electrons. The summed E-state index contributed by atoms with van der Waals surface area (Å²) in [7, 11) is 0. The Kier molecular flexibility index (Phi) is 3.42. The van der Waals surface area contributed by atoms with Gasteiger partial charge in [-0.05, 0) is 25.8 Å². The summed E-state index contributed by atoms with van der Waals surface area (Å²) in [5.74, 6) is -0.890. The van der Waals surface area contributed by atoms with Crippen LogP contribution in [-0.4, -0.2) is 47.8 Å². The van der Waals surface area contributed by atoms with E-state index in [2.05, 4.69) is 10.6 Å². The Morgan fingerprint density at radius 2 is 2.24 bits per heavy atom. The zero-order valence-electron chi connectivity index (χ0n) is 9.86. The lowest BCUT2D eigenvalue weighted by molar-refractivity contribution is -0.151. The maximum Gasteiger partial charge on any atom is 0.249 e. The SMILES string of the molecule is CCC1C(=O)NC(=O)CN1C(=O)[C@H]1CCCN1. The first-order valence-corrected chi connectivity index (χ1v) is 6.01. The zero-order chi connectivity index (χ0) is 12.4. The third-order valence-corrected chi connectivity index (χ3v) is 3.28. The van der Waals surface area contributed by atoms with Crippen molar-refractivity contribution < 1.29 is 14.4 Å². The number of piperazine rings is 1. The summed E-state index contributed by atoms with van der Waals surface area (Å²) in [6.45, 7) is 2.64. The summed E-state index contributed by atoms with van der Waals surface area (Å²) in [6, 6.07) is -0.745. The van der Waals surface area contributed by atoms with Gasteiger partial charge in [0.2, 0.25) is 17.7 Å². The highest BCUT2D eigenvalue weighted by Gasteiger charge is 2.38. The summed E-state index contributed by atoms with van der Waals surface area (Å²) in [5.41, 5.74) is 0. The van der Waals surface area contributed by atoms with E-state index in [0.29, 0.717) is 6.42 Å². The van der Waals surface area contributed by atoms with Crippen LogP contribution in [-0.2, 0) is 14.4 Å². The third kappa shape index (κ3) is 2.31. The molecule has 0 aliphatic carbocycles. The average Bonchev–Trinajstić information content (AvgIpc) is 2.80. The lowest BCUT2D eigenvalue weighted by Crippen LogP contribution is -2.62. The van der Waals surface area contributed by atoms with Crippen molar-refractivity contribution in [3.05, 3.63) is 0 Å². The van der Waals surface area contributed by atoms with Gasteiger partial charge in [-0.3, -0.25) is 19.7 Å². The molecule has 2 fully saturated rings. The van der Waals surface area contributed by atoms with Crippen molar-refractivity contribution in [1.29, 1.82) is 0 Å². The second-order valence-corrected chi connectivity index (χ2v) is 4.45. The van der Waals surface area contributed by atoms with Crippen LogP contribution in [0.25, 0.3) is 0 Å². The van der Waals surface area contributed by atoms with Crippen LogP contribution in [0.5, 0.6) is 0 Å². The minimum absolute atomic E-state index is 0.0126. The second kappa shape index (κ2) is 4.83. The van der Waals surface area contributed by atoms with E-state index in [1.54, 1.807) is 0 Å². The van der Waals surface area contributed by atoms with Gasteiger partial charge in [0.05, 0.1) is 6.04 Å². The zero-order valence-corrected chi connectivity index (χ0v) is 9.86. The number of hydrogen-bond acceptors (Lipinski definition) is 4. The van der Waals surface area contributed by atoms with Crippen molar-refractivity contribution in [2.45, 2.75) is 38.3 Å². The Hall–Kier alpha value is -1.43. The van der Waals surface area contributed by atoms with Crippen molar-refractivity contribution in [2.75, 3.05) is 13.1 Å². The van der Waals surface area contributed by atoms with E-state index in [-0.39, 0.29) is 24.4 Å². The van der Waals surface area contributed by atoms with Crippen LogP contribution in [0.1, 0.15) is 26.2 Å². The van der Waals surface area contributed by atoms with Crippen LogP contribution >= 0.6 is 0 Å². The maximum absolute atomic E-state index is 12.2. The van der Waals surface area contributed by atoms with Crippen molar-refractivity contribution in [1.82, 2.24) is 15.5 Å². The molecule has 2 heterocycles. The number of imide groups is 1. The van der Waals surface area contributed by atoms with Crippen LogP contribution in [0.2, 0.25) is 0 Å². The van der Waals surface area contributed by atoms with E-state index >= 15 is 0 Å². The maximum atomic E-state index is 12.2. The molecule has 2 saturated heterocycles. The molecule has 0 aromatic carbocycles. The van der Waals surface area contributed by atoms with Gasteiger partial charge in [0.25, 0.3) is 0 Å². The summed E-state index contributed by atoms with van der Waals surface area (Å²) >= 11 is 0. The summed E-state index contributed by atoms with van der Waals surface area (Å²) in [4.78, 5) is 36.5. The van der Waals surface area contributed by atoms with E-state index in [9.17, 15) is 14.4 Å². The fraction of sp³-hybridized carbons (Fsp3) is 0.727. The molecular weight excluding hydrogens is 222 g/mol. The van der Waals surface area contributed by atoms with Gasteiger partial charge in [-0.2, -0.15) is 0 Å². The highest BCUT2D eigenvalue weighted by molar-refractivity contribution is 6.04. The molecule has 6 heteroatoms. The molecule has 0 spiro atoms. The highest BCUT2D eigenvalue weighted by atomic mass is 16.2. The van der Waals surface area contributed by atoms with E-state index in [1.807, 2.05) is 6.92 Å². The van der Waals surface area contributed by atoms with Crippen LogP contribution in [0.3, 0.4) is 0 Å². The molecule has 6 nitrogen and oxygen atoms in total. The Morgan fingerprint density at radius 3 is 2.82 bits per heavy atom. The van der Waals surface area contributed by atoms with Gasteiger partial charge >= 0.3 is 0 Å². The average molecular weight is 239 g/mol. The largest absolute Gasteiger partial charge is 0.320 e. The van der Waals surface area contributed by atoms with E-state index in [0.717, 1.165) is 19.4 Å². The highest BCUT2D eigenvalue weighted by Crippen LogP contribution is 2.15. The van der Waals surface area contributed by atoms with Crippen LogP contribution in [0, 0.1) is 0 Å². The first-order valence-electron chi connectivity index (χ1n) is 6.01. The van der Waals surface area contributed by atoms with E-state index in [4.69, 9.17) is 0 Å². The third-order valence-electron chi connectivity index (χ3n) is 3.28. The number of nitrogens with zero attached hydrogens (tertiary/aromatic N) is 1. The second-order valence-electron chi connectivity index (χ2n) is 4.45. The van der Waals surface area contributed by atoms with Crippen molar-refractivity contribution in [2.24, 2.45) is 0 Å². The Balaban J connectivity index is 2.12. The molecule has 0 aromatic rings. The van der Waals surface area contributed by atoms with Gasteiger partial charge in [0.1, 0.15) is 12.6 Å². The van der Waals surface area contributed by atoms with Crippen LogP contribution in [0.15, 0.2) is 0 Å². The van der Waals surface area contributed by atoms with Gasteiger partial charge in [-0.25, -0.2) is 0 Å². The molecule has 0 bridgehead atoms. The number of carbonyl (C=O) groups excluding carboxylic acids is 3. The minimum atomic E-state index is -0.511. The van der Waals surface area contributed by atoms with Gasteiger partial charge in [0.15, 0.2) is 0 Å². The fourth-order valence-electron chi connectivity index (χ4n) is 2.40. The first-order chi connectivity index (χ1) is 8.13. The van der Waals surface area contributed by atoms with Crippen molar-refractivity contribution >= 4 is 17.7 Å². The molecule has 2 aliphatic rings. The molecule has 3 amide bonds. The first kappa shape index (κ1) is 12.0. The lowest BCUT2D eigenvalue weighted by atomic mass is 10.1. The molecule has 17 heavy (non-hydrogen) atoms. The van der Waals surface area contributed by atoms with Crippen LogP contribution in [0.4, 0.5) is 0 Å². The predicted molar refractivity (Wildman–Crippen MR) is 60.0 cm³/mol. The molecule has 94 valence electrons. The Morgan fingerprint density at radius 1 is 1.47 bits per heavy atom. The molecule has 2 N–H and O–H groups in total. The smallest absolute Gasteiger partial charge is 0.249 e. The number of carbonyl (C=O) groups is 3. The fourth-order valence-corrected chi connectivity index (χ4v) is 2.40. The Bertz CT molecular complexity index is 350. The Labute approximate surface area is 99.7 Å². The molecular formula is C11H17N3O3. The van der Waals surface area contributed by atoms with Gasteiger partial charge in [-0.15, -0.1) is 0 Å². The number of hydrogen-bond donors (Lipinski definition) is 2. The monoisotopic (exact) mass is 239 g/mol. The van der Waals surface area contributed by atoms with Crippen molar-refractivity contribution in [3.8, 4) is 0 Å². The van der Waals surface area contributed by atoms with E-state index < -0.39 is 11.9 Å². The molecule has 2 aliphatic heterocycles. The topological polar surface area (TPSA) is 78.5 Å². The lowest BCUT2D eigenvalue weighted by Gasteiger charge is -2.34. The van der Waals surface area contributed by atoms with Crippen molar-refractivity contribution in [3.63, 3.8) is 0 Å². The normalized spacial score (nSPS) is 29.4.